The van der Waals surface area contributed by atoms with Crippen LogP contribution >= 0.6 is 15.9 Å². The summed E-state index contributed by atoms with van der Waals surface area (Å²) in [6.45, 7) is 2.61. The van der Waals surface area contributed by atoms with Gasteiger partial charge < -0.3 is 4.74 Å². The summed E-state index contributed by atoms with van der Waals surface area (Å²) >= 11 is 3.42. The summed E-state index contributed by atoms with van der Waals surface area (Å²) in [5.41, 5.74) is 1.20. The molecular weight excluding hydrogens is 228 g/mol. The van der Waals surface area contributed by atoms with Gasteiger partial charge in [-0.2, -0.15) is 0 Å². The Hall–Kier alpha value is -0.940. The topological polar surface area (TPSA) is 9.23 Å². The fourth-order valence-corrected chi connectivity index (χ4v) is 1.55. The van der Waals surface area contributed by atoms with Gasteiger partial charge in [-0.25, -0.2) is 0 Å². The molecule has 13 heavy (non-hydrogen) atoms. The van der Waals surface area contributed by atoms with Crippen molar-refractivity contribution in [3.8, 4) is 18.1 Å². The van der Waals surface area contributed by atoms with Crippen LogP contribution in [0, 0.1) is 19.3 Å². The van der Waals surface area contributed by atoms with Gasteiger partial charge in [0.2, 0.25) is 0 Å². The van der Waals surface area contributed by atoms with E-state index in [1.165, 1.54) is 5.56 Å². The molecule has 0 radical (unpaired) electrons. The maximum absolute atomic E-state index is 5.44. The van der Waals surface area contributed by atoms with Gasteiger partial charge in [0, 0.05) is 6.42 Å². The molecule has 1 rings (SSSR count). The molecule has 1 aromatic rings. The lowest BCUT2D eigenvalue weighted by atomic mass is 10.2. The van der Waals surface area contributed by atoms with Gasteiger partial charge in [0.15, 0.2) is 0 Å². The standard InChI is InChI=1S/C11H11BrO/c1-3-4-7-13-11-6-5-9(2)8-10(11)12/h1,5-6,8H,4,7H2,2H3. The number of terminal acetylenes is 1. The van der Waals surface area contributed by atoms with Gasteiger partial charge in [-0.15, -0.1) is 12.3 Å². The molecule has 0 fully saturated rings. The molecule has 0 amide bonds. The number of benzene rings is 1. The first-order chi connectivity index (χ1) is 6.24. The highest BCUT2D eigenvalue weighted by Crippen LogP contribution is 2.25. The van der Waals surface area contributed by atoms with Gasteiger partial charge in [-0.05, 0) is 40.5 Å². The normalized spacial score (nSPS) is 9.31. The van der Waals surface area contributed by atoms with E-state index in [9.17, 15) is 0 Å². The fraction of sp³-hybridized carbons (Fsp3) is 0.273. The van der Waals surface area contributed by atoms with Crippen LogP contribution in [0.5, 0.6) is 5.75 Å². The van der Waals surface area contributed by atoms with Gasteiger partial charge in [-0.1, -0.05) is 6.07 Å². The van der Waals surface area contributed by atoms with E-state index in [-0.39, 0.29) is 0 Å². The fourth-order valence-electron chi connectivity index (χ4n) is 0.943. The van der Waals surface area contributed by atoms with E-state index in [1.807, 2.05) is 25.1 Å². The van der Waals surface area contributed by atoms with Gasteiger partial charge in [0.05, 0.1) is 11.1 Å². The Morgan fingerprint density at radius 3 is 2.92 bits per heavy atom. The first kappa shape index (κ1) is 10.1. The molecular formula is C11H11BrO. The van der Waals surface area contributed by atoms with Crippen LogP contribution in [-0.4, -0.2) is 6.61 Å². The molecule has 0 N–H and O–H groups in total. The average Bonchev–Trinajstić information content (AvgIpc) is 2.09. The SMILES string of the molecule is C#CCCOc1ccc(C)cc1Br. The Balaban J connectivity index is 2.62. The second kappa shape index (κ2) is 4.94. The maximum Gasteiger partial charge on any atom is 0.133 e. The second-order valence-electron chi connectivity index (χ2n) is 2.74. The second-order valence-corrected chi connectivity index (χ2v) is 3.59. The van der Waals surface area contributed by atoms with Crippen molar-refractivity contribution in [1.82, 2.24) is 0 Å². The molecule has 1 aromatic carbocycles. The van der Waals surface area contributed by atoms with Crippen molar-refractivity contribution >= 4 is 15.9 Å². The van der Waals surface area contributed by atoms with E-state index in [1.54, 1.807) is 0 Å². The first-order valence-corrected chi connectivity index (χ1v) is 4.86. The quantitative estimate of drug-likeness (QED) is 0.581. The number of halogens is 1. The molecule has 0 saturated carbocycles. The van der Waals surface area contributed by atoms with Crippen molar-refractivity contribution < 1.29 is 4.74 Å². The van der Waals surface area contributed by atoms with Crippen LogP contribution < -0.4 is 4.74 Å². The van der Waals surface area contributed by atoms with Crippen molar-refractivity contribution in [2.24, 2.45) is 0 Å². The summed E-state index contributed by atoms with van der Waals surface area (Å²) in [7, 11) is 0. The lowest BCUT2D eigenvalue weighted by Crippen LogP contribution is -1.96. The minimum absolute atomic E-state index is 0.568. The lowest BCUT2D eigenvalue weighted by Gasteiger charge is -2.06. The smallest absolute Gasteiger partial charge is 0.133 e. The number of rotatable bonds is 3. The monoisotopic (exact) mass is 238 g/mol. The number of hydrogen-bond donors (Lipinski definition) is 0. The Bertz CT molecular complexity index is 325. The summed E-state index contributed by atoms with van der Waals surface area (Å²) in [6.07, 6.45) is 5.75. The van der Waals surface area contributed by atoms with Crippen molar-refractivity contribution in [3.63, 3.8) is 0 Å². The molecule has 0 bridgehead atoms. The third-order valence-corrected chi connectivity index (χ3v) is 2.21. The minimum atomic E-state index is 0.568. The van der Waals surface area contributed by atoms with Crippen LogP contribution in [-0.2, 0) is 0 Å². The first-order valence-electron chi connectivity index (χ1n) is 4.06. The molecule has 0 aliphatic carbocycles. The Morgan fingerprint density at radius 2 is 2.31 bits per heavy atom. The summed E-state index contributed by atoms with van der Waals surface area (Å²) in [6, 6.07) is 5.97. The molecule has 0 aliphatic rings. The zero-order valence-electron chi connectivity index (χ0n) is 7.51. The van der Waals surface area contributed by atoms with E-state index in [0.717, 1.165) is 10.2 Å². The molecule has 0 spiro atoms. The molecule has 1 nitrogen and oxygen atoms in total. The molecule has 2 heteroatoms. The summed E-state index contributed by atoms with van der Waals surface area (Å²) < 4.78 is 6.42. The van der Waals surface area contributed by atoms with E-state index < -0.39 is 0 Å². The van der Waals surface area contributed by atoms with E-state index in [2.05, 4.69) is 21.9 Å². The lowest BCUT2D eigenvalue weighted by molar-refractivity contribution is 0.325. The highest BCUT2D eigenvalue weighted by atomic mass is 79.9. The summed E-state index contributed by atoms with van der Waals surface area (Å²) in [5.74, 6) is 3.38. The third kappa shape index (κ3) is 3.12. The molecule has 0 aliphatic heterocycles. The molecule has 0 aromatic heterocycles. The van der Waals surface area contributed by atoms with Crippen molar-refractivity contribution in [2.45, 2.75) is 13.3 Å². The highest BCUT2D eigenvalue weighted by molar-refractivity contribution is 9.10. The van der Waals surface area contributed by atoms with Gasteiger partial charge in [-0.3, -0.25) is 0 Å². The zero-order valence-corrected chi connectivity index (χ0v) is 9.10. The Morgan fingerprint density at radius 1 is 1.54 bits per heavy atom. The van der Waals surface area contributed by atoms with Crippen molar-refractivity contribution in [3.05, 3.63) is 28.2 Å². The van der Waals surface area contributed by atoms with Gasteiger partial charge in [0.1, 0.15) is 5.75 Å². The highest BCUT2D eigenvalue weighted by Gasteiger charge is 1.99. The van der Waals surface area contributed by atoms with Crippen molar-refractivity contribution in [2.75, 3.05) is 6.61 Å². The Labute approximate surface area is 87.2 Å². The largest absolute Gasteiger partial charge is 0.491 e. The average molecular weight is 239 g/mol. The van der Waals surface area contributed by atoms with Gasteiger partial charge in [0.25, 0.3) is 0 Å². The summed E-state index contributed by atoms with van der Waals surface area (Å²) in [5, 5.41) is 0. The molecule has 0 heterocycles. The molecule has 0 saturated heterocycles. The maximum atomic E-state index is 5.44. The number of hydrogen-bond acceptors (Lipinski definition) is 1. The van der Waals surface area contributed by atoms with Crippen LogP contribution in [0.25, 0.3) is 0 Å². The predicted molar refractivity (Wildman–Crippen MR) is 57.8 cm³/mol. The number of aryl methyl sites for hydroxylation is 1. The molecule has 0 atom stereocenters. The van der Waals surface area contributed by atoms with Crippen LogP contribution in [0.4, 0.5) is 0 Å². The van der Waals surface area contributed by atoms with Gasteiger partial charge >= 0.3 is 0 Å². The predicted octanol–water partition coefficient (Wildman–Crippen LogP) is 3.16. The zero-order chi connectivity index (χ0) is 9.68. The number of ether oxygens (including phenoxy) is 1. The van der Waals surface area contributed by atoms with Crippen molar-refractivity contribution in [1.29, 1.82) is 0 Å². The van der Waals surface area contributed by atoms with Crippen LogP contribution in [0.3, 0.4) is 0 Å². The van der Waals surface area contributed by atoms with Crippen LogP contribution in [0.2, 0.25) is 0 Å². The van der Waals surface area contributed by atoms with E-state index >= 15 is 0 Å². The minimum Gasteiger partial charge on any atom is -0.491 e. The Kier molecular flexibility index (Phi) is 3.85. The molecule has 68 valence electrons. The summed E-state index contributed by atoms with van der Waals surface area (Å²) in [4.78, 5) is 0. The van der Waals surface area contributed by atoms with E-state index in [0.29, 0.717) is 13.0 Å². The van der Waals surface area contributed by atoms with Crippen LogP contribution in [0.1, 0.15) is 12.0 Å². The van der Waals surface area contributed by atoms with Crippen LogP contribution in [0.15, 0.2) is 22.7 Å². The molecule has 0 unspecified atom stereocenters. The third-order valence-electron chi connectivity index (χ3n) is 1.59. The van der Waals surface area contributed by atoms with E-state index in [4.69, 9.17) is 11.2 Å².